The van der Waals surface area contributed by atoms with E-state index in [2.05, 4.69) is 34.1 Å². The van der Waals surface area contributed by atoms with E-state index in [1.54, 1.807) is 11.8 Å². The Kier molecular flexibility index (Phi) is 3.85. The molecule has 2 nitrogen and oxygen atoms in total. The van der Waals surface area contributed by atoms with Gasteiger partial charge in [-0.05, 0) is 76.7 Å². The summed E-state index contributed by atoms with van der Waals surface area (Å²) in [6.07, 6.45) is 3.71. The smallest absolute Gasteiger partial charge is 0.123 e. The van der Waals surface area contributed by atoms with Crippen molar-refractivity contribution in [3.05, 3.63) is 57.6 Å². The molecule has 0 radical (unpaired) electrons. The molecular formula is C16H15BrN2S. The summed E-state index contributed by atoms with van der Waals surface area (Å²) in [5, 5.41) is 7.49. The lowest BCUT2D eigenvalue weighted by molar-refractivity contribution is 0.911. The molecular weight excluding hydrogens is 332 g/mol. The van der Waals surface area contributed by atoms with Gasteiger partial charge >= 0.3 is 0 Å². The molecule has 0 spiro atoms. The van der Waals surface area contributed by atoms with Crippen LogP contribution >= 0.6 is 27.7 Å². The summed E-state index contributed by atoms with van der Waals surface area (Å²) in [7, 11) is 0. The van der Waals surface area contributed by atoms with E-state index in [-0.39, 0.29) is 5.84 Å². The second-order valence-electron chi connectivity index (χ2n) is 4.94. The van der Waals surface area contributed by atoms with E-state index in [4.69, 9.17) is 11.1 Å². The number of amidine groups is 1. The molecule has 0 atom stereocenters. The minimum absolute atomic E-state index is 0.0888. The van der Waals surface area contributed by atoms with Crippen LogP contribution in [0.25, 0.3) is 0 Å². The van der Waals surface area contributed by atoms with Crippen molar-refractivity contribution in [3.8, 4) is 0 Å². The summed E-state index contributed by atoms with van der Waals surface area (Å²) in [5.74, 6) is 0.0888. The van der Waals surface area contributed by atoms with Crippen molar-refractivity contribution in [3.63, 3.8) is 0 Å². The van der Waals surface area contributed by atoms with Crippen LogP contribution in [0.1, 0.15) is 23.1 Å². The van der Waals surface area contributed by atoms with Crippen LogP contribution in [0.4, 0.5) is 0 Å². The maximum Gasteiger partial charge on any atom is 0.123 e. The number of nitrogens with one attached hydrogen (secondary N) is 1. The van der Waals surface area contributed by atoms with Gasteiger partial charge in [-0.15, -0.1) is 0 Å². The third kappa shape index (κ3) is 2.76. The third-order valence-corrected chi connectivity index (χ3v) is 5.17. The highest BCUT2D eigenvalue weighted by atomic mass is 79.9. The van der Waals surface area contributed by atoms with Gasteiger partial charge in [0.1, 0.15) is 5.84 Å². The molecule has 2 aromatic rings. The molecule has 0 saturated carbocycles. The average Bonchev–Trinajstić information content (AvgIpc) is 2.85. The van der Waals surface area contributed by atoms with E-state index in [0.717, 1.165) is 14.9 Å². The van der Waals surface area contributed by atoms with Crippen LogP contribution in [0.2, 0.25) is 0 Å². The number of nitrogen functional groups attached to an aromatic ring is 1. The van der Waals surface area contributed by atoms with Crippen molar-refractivity contribution >= 4 is 33.5 Å². The van der Waals surface area contributed by atoms with Crippen molar-refractivity contribution in [2.45, 2.75) is 29.1 Å². The van der Waals surface area contributed by atoms with Gasteiger partial charge in [-0.3, -0.25) is 5.41 Å². The molecule has 3 N–H and O–H groups in total. The fourth-order valence-corrected chi connectivity index (χ4v) is 4.19. The quantitative estimate of drug-likeness (QED) is 0.640. The first kappa shape index (κ1) is 13.7. The highest BCUT2D eigenvalue weighted by Crippen LogP contribution is 2.33. The summed E-state index contributed by atoms with van der Waals surface area (Å²) in [4.78, 5) is 2.42. The Morgan fingerprint density at radius 2 is 1.75 bits per heavy atom. The minimum atomic E-state index is 0.0888. The summed E-state index contributed by atoms with van der Waals surface area (Å²) in [6, 6.07) is 12.7. The molecule has 0 aliphatic heterocycles. The number of fused-ring (bicyclic) bond motifs is 1. The zero-order valence-electron chi connectivity index (χ0n) is 10.9. The highest BCUT2D eigenvalue weighted by Gasteiger charge is 2.11. The van der Waals surface area contributed by atoms with Gasteiger partial charge in [0, 0.05) is 19.8 Å². The van der Waals surface area contributed by atoms with E-state index < -0.39 is 0 Å². The number of aryl methyl sites for hydroxylation is 2. The molecule has 0 heterocycles. The molecule has 4 heteroatoms. The van der Waals surface area contributed by atoms with Crippen molar-refractivity contribution in [1.29, 1.82) is 5.41 Å². The summed E-state index contributed by atoms with van der Waals surface area (Å²) in [6.45, 7) is 0. The topological polar surface area (TPSA) is 49.9 Å². The van der Waals surface area contributed by atoms with Crippen LogP contribution in [0.3, 0.4) is 0 Å². The lowest BCUT2D eigenvalue weighted by atomic mass is 10.1. The van der Waals surface area contributed by atoms with Gasteiger partial charge in [-0.1, -0.05) is 17.8 Å². The Hall–Kier alpha value is -1.26. The highest BCUT2D eigenvalue weighted by molar-refractivity contribution is 9.10. The minimum Gasteiger partial charge on any atom is -0.384 e. The molecule has 0 amide bonds. The Bertz CT molecular complexity index is 682. The van der Waals surface area contributed by atoms with E-state index in [1.165, 1.54) is 35.3 Å². The monoisotopic (exact) mass is 346 g/mol. The summed E-state index contributed by atoms with van der Waals surface area (Å²) < 4.78 is 0.871. The fraction of sp³-hybridized carbons (Fsp3) is 0.188. The van der Waals surface area contributed by atoms with Crippen LogP contribution in [0.15, 0.2) is 50.7 Å². The van der Waals surface area contributed by atoms with Crippen LogP contribution in [-0.2, 0) is 12.8 Å². The molecule has 0 saturated heterocycles. The molecule has 3 rings (SSSR count). The lowest BCUT2D eigenvalue weighted by Crippen LogP contribution is -2.11. The Labute approximate surface area is 131 Å². The van der Waals surface area contributed by atoms with E-state index in [0.29, 0.717) is 0 Å². The Balaban J connectivity index is 1.84. The second kappa shape index (κ2) is 5.62. The largest absolute Gasteiger partial charge is 0.384 e. The normalized spacial score (nSPS) is 13.2. The molecule has 0 aromatic heterocycles. The van der Waals surface area contributed by atoms with Gasteiger partial charge in [0.15, 0.2) is 0 Å². The number of benzene rings is 2. The van der Waals surface area contributed by atoms with Gasteiger partial charge in [0.25, 0.3) is 0 Å². The van der Waals surface area contributed by atoms with Gasteiger partial charge in [0.2, 0.25) is 0 Å². The number of hydrogen-bond acceptors (Lipinski definition) is 2. The van der Waals surface area contributed by atoms with Crippen molar-refractivity contribution in [2.24, 2.45) is 5.73 Å². The van der Waals surface area contributed by atoms with Crippen LogP contribution in [-0.4, -0.2) is 5.84 Å². The standard InChI is InChI=1S/C16H15BrN2S/c17-15-9-13(6-7-14(15)16(18)19)20-12-5-4-10-2-1-3-11(10)8-12/h4-9H,1-3H2,(H3,18,19). The molecule has 2 aromatic carbocycles. The SMILES string of the molecule is N=C(N)c1ccc(Sc2ccc3c(c2)CCC3)cc1Br. The average molecular weight is 347 g/mol. The second-order valence-corrected chi connectivity index (χ2v) is 6.94. The van der Waals surface area contributed by atoms with Crippen LogP contribution < -0.4 is 5.73 Å². The van der Waals surface area contributed by atoms with E-state index in [9.17, 15) is 0 Å². The molecule has 0 bridgehead atoms. The zero-order valence-corrected chi connectivity index (χ0v) is 13.4. The number of rotatable bonds is 3. The Morgan fingerprint density at radius 1 is 1.05 bits per heavy atom. The molecule has 20 heavy (non-hydrogen) atoms. The predicted octanol–water partition coefficient (Wildman–Crippen LogP) is 4.37. The van der Waals surface area contributed by atoms with Crippen LogP contribution in [0, 0.1) is 5.41 Å². The third-order valence-electron chi connectivity index (χ3n) is 3.54. The molecule has 0 fully saturated rings. The van der Waals surface area contributed by atoms with Crippen LogP contribution in [0.5, 0.6) is 0 Å². The maximum absolute atomic E-state index is 7.49. The first-order valence-electron chi connectivity index (χ1n) is 6.57. The first-order valence-corrected chi connectivity index (χ1v) is 8.18. The number of hydrogen-bond donors (Lipinski definition) is 2. The van der Waals surface area contributed by atoms with Gasteiger partial charge in [-0.25, -0.2) is 0 Å². The van der Waals surface area contributed by atoms with Crippen molar-refractivity contribution in [1.82, 2.24) is 0 Å². The predicted molar refractivity (Wildman–Crippen MR) is 87.7 cm³/mol. The van der Waals surface area contributed by atoms with Crippen molar-refractivity contribution in [2.75, 3.05) is 0 Å². The van der Waals surface area contributed by atoms with Gasteiger partial charge in [0.05, 0.1) is 0 Å². The van der Waals surface area contributed by atoms with Gasteiger partial charge < -0.3 is 5.73 Å². The summed E-state index contributed by atoms with van der Waals surface area (Å²) in [5.41, 5.74) is 9.26. The zero-order chi connectivity index (χ0) is 14.1. The fourth-order valence-electron chi connectivity index (χ4n) is 2.53. The molecule has 1 aliphatic rings. The maximum atomic E-state index is 7.49. The number of halogens is 1. The lowest BCUT2D eigenvalue weighted by Gasteiger charge is -2.07. The van der Waals surface area contributed by atoms with E-state index in [1.807, 2.05) is 18.2 Å². The Morgan fingerprint density at radius 3 is 2.50 bits per heavy atom. The molecule has 102 valence electrons. The summed E-state index contributed by atoms with van der Waals surface area (Å²) >= 11 is 5.22. The molecule has 1 aliphatic carbocycles. The first-order chi connectivity index (χ1) is 9.63. The van der Waals surface area contributed by atoms with Crippen molar-refractivity contribution < 1.29 is 0 Å². The van der Waals surface area contributed by atoms with Gasteiger partial charge in [-0.2, -0.15) is 0 Å². The van der Waals surface area contributed by atoms with E-state index >= 15 is 0 Å². The number of nitrogens with two attached hydrogens (primary N) is 1. The molecule has 0 unspecified atom stereocenters.